The maximum Gasteiger partial charge on any atom is 0.311 e. The van der Waals surface area contributed by atoms with Crippen LogP contribution < -0.4 is 10.6 Å². The summed E-state index contributed by atoms with van der Waals surface area (Å²) in [6.45, 7) is 0.276. The Labute approximate surface area is 104 Å². The Morgan fingerprint density at radius 3 is 2.78 bits per heavy atom. The third-order valence-electron chi connectivity index (χ3n) is 3.81. The average Bonchev–Trinajstić information content (AvgIpc) is 3.02. The van der Waals surface area contributed by atoms with Gasteiger partial charge in [-0.2, -0.15) is 0 Å². The second-order valence-corrected chi connectivity index (χ2v) is 5.13. The normalized spacial score (nSPS) is 19.8. The molecule has 1 saturated carbocycles. The maximum absolute atomic E-state index is 12.0. The Morgan fingerprint density at radius 2 is 2.17 bits per heavy atom. The minimum Gasteiger partial charge on any atom is -0.481 e. The van der Waals surface area contributed by atoms with Gasteiger partial charge in [0.2, 0.25) is 5.91 Å². The highest BCUT2D eigenvalue weighted by Crippen LogP contribution is 2.48. The van der Waals surface area contributed by atoms with E-state index in [1.54, 1.807) is 23.1 Å². The van der Waals surface area contributed by atoms with Gasteiger partial charge in [0.1, 0.15) is 0 Å². The van der Waals surface area contributed by atoms with E-state index in [1.165, 1.54) is 0 Å². The zero-order valence-electron chi connectivity index (χ0n) is 9.85. The number of nitrogen functional groups attached to an aromatic ring is 1. The molecule has 18 heavy (non-hydrogen) atoms. The van der Waals surface area contributed by atoms with Crippen molar-refractivity contribution in [3.63, 3.8) is 0 Å². The van der Waals surface area contributed by atoms with Crippen LogP contribution in [-0.4, -0.2) is 23.5 Å². The molecule has 5 nitrogen and oxygen atoms in total. The number of carboxylic acid groups (broad SMARTS) is 1. The number of carboxylic acids is 1. The van der Waals surface area contributed by atoms with Crippen LogP contribution in [0.15, 0.2) is 18.2 Å². The van der Waals surface area contributed by atoms with Gasteiger partial charge in [-0.25, -0.2) is 0 Å². The molecular weight excluding hydrogens is 232 g/mol. The summed E-state index contributed by atoms with van der Waals surface area (Å²) in [5.41, 5.74) is 7.29. The largest absolute Gasteiger partial charge is 0.481 e. The van der Waals surface area contributed by atoms with Crippen molar-refractivity contribution in [2.75, 3.05) is 17.2 Å². The van der Waals surface area contributed by atoms with Crippen LogP contribution in [0.2, 0.25) is 0 Å². The molecule has 1 amide bonds. The predicted octanol–water partition coefficient (Wildman–Crippen LogP) is 1.02. The van der Waals surface area contributed by atoms with Crippen molar-refractivity contribution in [2.45, 2.75) is 19.3 Å². The number of benzene rings is 1. The van der Waals surface area contributed by atoms with Crippen LogP contribution >= 0.6 is 0 Å². The lowest BCUT2D eigenvalue weighted by atomic mass is 10.1. The predicted molar refractivity (Wildman–Crippen MR) is 66.2 cm³/mol. The Balaban J connectivity index is 1.91. The van der Waals surface area contributed by atoms with Gasteiger partial charge in [-0.05, 0) is 36.6 Å². The molecule has 5 heteroatoms. The molecule has 0 bridgehead atoms. The fourth-order valence-electron chi connectivity index (χ4n) is 2.47. The molecule has 2 aliphatic rings. The fourth-order valence-corrected chi connectivity index (χ4v) is 2.47. The van der Waals surface area contributed by atoms with Crippen molar-refractivity contribution >= 4 is 23.3 Å². The first-order valence-corrected chi connectivity index (χ1v) is 5.94. The lowest BCUT2D eigenvalue weighted by molar-refractivity contribution is -0.143. The van der Waals surface area contributed by atoms with E-state index in [1.807, 2.05) is 0 Å². The van der Waals surface area contributed by atoms with Crippen molar-refractivity contribution in [2.24, 2.45) is 5.41 Å². The summed E-state index contributed by atoms with van der Waals surface area (Å²) in [6.07, 6.45) is 1.61. The molecule has 0 radical (unpaired) electrons. The van der Waals surface area contributed by atoms with Gasteiger partial charge in [-0.15, -0.1) is 0 Å². The van der Waals surface area contributed by atoms with E-state index in [4.69, 9.17) is 5.73 Å². The van der Waals surface area contributed by atoms with Crippen molar-refractivity contribution in [1.82, 2.24) is 0 Å². The molecule has 0 unspecified atom stereocenters. The summed E-state index contributed by atoms with van der Waals surface area (Å²) >= 11 is 0. The Bertz CT molecular complexity index is 549. The maximum atomic E-state index is 12.0. The third-order valence-corrected chi connectivity index (χ3v) is 3.81. The highest BCUT2D eigenvalue weighted by Gasteiger charge is 2.52. The van der Waals surface area contributed by atoms with Crippen LogP contribution in [0.5, 0.6) is 0 Å². The first kappa shape index (κ1) is 11.1. The smallest absolute Gasteiger partial charge is 0.311 e. The standard InChI is InChI=1S/C13H14N2O3/c14-9-1-2-10-8(5-9)6-11(16)15(10)7-13(3-4-13)12(17)18/h1-2,5H,3-4,6-7,14H2,(H,17,18). The van der Waals surface area contributed by atoms with Crippen LogP contribution in [0, 0.1) is 5.41 Å². The lowest BCUT2D eigenvalue weighted by Crippen LogP contribution is -2.36. The first-order valence-electron chi connectivity index (χ1n) is 5.94. The molecule has 3 rings (SSSR count). The van der Waals surface area contributed by atoms with Gasteiger partial charge < -0.3 is 15.7 Å². The van der Waals surface area contributed by atoms with Crippen LogP contribution in [0.4, 0.5) is 11.4 Å². The van der Waals surface area contributed by atoms with E-state index in [-0.39, 0.29) is 12.5 Å². The molecule has 1 aromatic carbocycles. The molecule has 1 aromatic rings. The van der Waals surface area contributed by atoms with Crippen LogP contribution in [-0.2, 0) is 16.0 Å². The van der Waals surface area contributed by atoms with E-state index in [9.17, 15) is 14.7 Å². The van der Waals surface area contributed by atoms with Gasteiger partial charge in [0.05, 0.1) is 11.8 Å². The van der Waals surface area contributed by atoms with E-state index >= 15 is 0 Å². The number of aliphatic carboxylic acids is 1. The zero-order chi connectivity index (χ0) is 12.9. The van der Waals surface area contributed by atoms with Gasteiger partial charge in [0.15, 0.2) is 0 Å². The van der Waals surface area contributed by atoms with Gasteiger partial charge in [0, 0.05) is 17.9 Å². The highest BCUT2D eigenvalue weighted by atomic mass is 16.4. The SMILES string of the molecule is Nc1ccc2c(c1)CC(=O)N2CC1(C(=O)O)CC1. The van der Waals surface area contributed by atoms with Crippen molar-refractivity contribution in [3.05, 3.63) is 23.8 Å². The topological polar surface area (TPSA) is 83.6 Å². The first-order chi connectivity index (χ1) is 8.52. The molecule has 1 aliphatic carbocycles. The van der Waals surface area contributed by atoms with Crippen molar-refractivity contribution in [3.8, 4) is 0 Å². The van der Waals surface area contributed by atoms with E-state index < -0.39 is 11.4 Å². The second kappa shape index (κ2) is 3.48. The number of anilines is 2. The quantitative estimate of drug-likeness (QED) is 0.780. The fraction of sp³-hybridized carbons (Fsp3) is 0.385. The summed E-state index contributed by atoms with van der Waals surface area (Å²) in [4.78, 5) is 24.7. The van der Waals surface area contributed by atoms with Gasteiger partial charge in [-0.1, -0.05) is 0 Å². The molecule has 94 valence electrons. The number of carbonyl (C=O) groups excluding carboxylic acids is 1. The summed E-state index contributed by atoms with van der Waals surface area (Å²) < 4.78 is 0. The van der Waals surface area contributed by atoms with Crippen LogP contribution in [0.3, 0.4) is 0 Å². The number of fused-ring (bicyclic) bond motifs is 1. The van der Waals surface area contributed by atoms with Crippen LogP contribution in [0.1, 0.15) is 18.4 Å². The summed E-state index contributed by atoms with van der Waals surface area (Å²) in [5.74, 6) is -0.845. The minimum absolute atomic E-state index is 0.0388. The number of hydrogen-bond acceptors (Lipinski definition) is 3. The molecule has 1 heterocycles. The number of amides is 1. The Kier molecular flexibility index (Phi) is 2.14. The minimum atomic E-state index is -0.806. The van der Waals surface area contributed by atoms with E-state index in [0.717, 1.165) is 11.3 Å². The third kappa shape index (κ3) is 1.54. The molecule has 0 spiro atoms. The van der Waals surface area contributed by atoms with Gasteiger partial charge in [-0.3, -0.25) is 9.59 Å². The summed E-state index contributed by atoms with van der Waals surface area (Å²) in [7, 11) is 0. The highest BCUT2D eigenvalue weighted by molar-refractivity contribution is 6.02. The Hall–Kier alpha value is -2.04. The zero-order valence-corrected chi connectivity index (χ0v) is 9.85. The summed E-state index contributed by atoms with van der Waals surface area (Å²) in [6, 6.07) is 5.33. The molecule has 0 saturated heterocycles. The van der Waals surface area contributed by atoms with E-state index in [2.05, 4.69) is 0 Å². The molecule has 0 aromatic heterocycles. The second-order valence-electron chi connectivity index (χ2n) is 5.13. The molecule has 1 fully saturated rings. The van der Waals surface area contributed by atoms with Crippen LogP contribution in [0.25, 0.3) is 0 Å². The number of carbonyl (C=O) groups is 2. The van der Waals surface area contributed by atoms with Gasteiger partial charge in [0.25, 0.3) is 0 Å². The Morgan fingerprint density at radius 1 is 1.44 bits per heavy atom. The average molecular weight is 246 g/mol. The molecule has 1 aliphatic heterocycles. The number of hydrogen-bond donors (Lipinski definition) is 2. The molecular formula is C13H14N2O3. The number of nitrogens with two attached hydrogens (primary N) is 1. The van der Waals surface area contributed by atoms with Crippen molar-refractivity contribution < 1.29 is 14.7 Å². The number of nitrogens with zero attached hydrogens (tertiary/aromatic N) is 1. The summed E-state index contributed by atoms with van der Waals surface area (Å²) in [5, 5.41) is 9.18. The lowest BCUT2D eigenvalue weighted by Gasteiger charge is -2.21. The number of rotatable bonds is 3. The molecule has 3 N–H and O–H groups in total. The monoisotopic (exact) mass is 246 g/mol. The van der Waals surface area contributed by atoms with Gasteiger partial charge >= 0.3 is 5.97 Å². The van der Waals surface area contributed by atoms with Crippen molar-refractivity contribution in [1.29, 1.82) is 0 Å². The molecule has 0 atom stereocenters. The van der Waals surface area contributed by atoms with E-state index in [0.29, 0.717) is 24.9 Å².